The minimum Gasteiger partial charge on any atom is -0.480 e. The van der Waals surface area contributed by atoms with Crippen LogP contribution in [0.2, 0.25) is 5.02 Å². The molecule has 0 bridgehead atoms. The summed E-state index contributed by atoms with van der Waals surface area (Å²) in [6.07, 6.45) is 3.78. The van der Waals surface area contributed by atoms with Crippen molar-refractivity contribution in [2.24, 2.45) is 0 Å². The molecule has 1 fully saturated rings. The standard InChI is InChI=1S/C27H25BrClNO2/c28-20-5-3-6-22(17-20)30-27(25(31)32)14-12-26(13-15-27)23-7-2-1-4-19(23)16-24(26)18-8-10-21(29)11-9-18/h1-11,17,24,30H,12-16H2,(H,31,32). The number of rotatable bonds is 4. The fourth-order valence-corrected chi connectivity index (χ4v) is 6.42. The summed E-state index contributed by atoms with van der Waals surface area (Å²) in [6.45, 7) is 0. The van der Waals surface area contributed by atoms with Gasteiger partial charge in [0.05, 0.1) is 0 Å². The van der Waals surface area contributed by atoms with Gasteiger partial charge in [-0.25, -0.2) is 4.79 Å². The van der Waals surface area contributed by atoms with Crippen LogP contribution in [0.25, 0.3) is 0 Å². The number of fused-ring (bicyclic) bond motifs is 2. The molecule has 0 aromatic heterocycles. The average Bonchev–Trinajstić information content (AvgIpc) is 3.10. The highest BCUT2D eigenvalue weighted by molar-refractivity contribution is 9.10. The highest BCUT2D eigenvalue weighted by Crippen LogP contribution is 2.58. The summed E-state index contributed by atoms with van der Waals surface area (Å²) in [5, 5.41) is 14.4. The summed E-state index contributed by atoms with van der Waals surface area (Å²) in [6, 6.07) is 24.7. The maximum absolute atomic E-state index is 12.5. The Balaban J connectivity index is 1.50. The van der Waals surface area contributed by atoms with Crippen molar-refractivity contribution in [3.05, 3.63) is 99.0 Å². The number of hydrogen-bond donors (Lipinski definition) is 2. The Morgan fingerprint density at radius 1 is 0.969 bits per heavy atom. The Morgan fingerprint density at radius 3 is 2.38 bits per heavy atom. The molecule has 3 aromatic carbocycles. The number of carboxylic acids is 1. The Hall–Kier alpha value is -2.30. The lowest BCUT2D eigenvalue weighted by Crippen LogP contribution is -2.52. The number of halogens is 2. The predicted octanol–water partition coefficient (Wildman–Crippen LogP) is 7.19. The van der Waals surface area contributed by atoms with Gasteiger partial charge in [0, 0.05) is 20.6 Å². The summed E-state index contributed by atoms with van der Waals surface area (Å²) in [7, 11) is 0. The zero-order valence-corrected chi connectivity index (χ0v) is 20.0. The third-order valence-corrected chi connectivity index (χ3v) is 8.28. The van der Waals surface area contributed by atoms with Crippen LogP contribution in [0.5, 0.6) is 0 Å². The zero-order chi connectivity index (χ0) is 22.3. The minimum absolute atomic E-state index is 0.0532. The van der Waals surface area contributed by atoms with E-state index >= 15 is 0 Å². The molecule has 3 nitrogen and oxygen atoms in total. The molecule has 0 radical (unpaired) electrons. The van der Waals surface area contributed by atoms with E-state index in [1.165, 1.54) is 16.7 Å². The number of anilines is 1. The van der Waals surface area contributed by atoms with E-state index in [0.717, 1.165) is 34.4 Å². The molecule has 1 atom stereocenters. The Bertz CT molecular complexity index is 1150. The van der Waals surface area contributed by atoms with E-state index in [-0.39, 0.29) is 5.41 Å². The molecule has 5 heteroatoms. The first-order valence-electron chi connectivity index (χ1n) is 11.0. The van der Waals surface area contributed by atoms with Gasteiger partial charge in [-0.2, -0.15) is 0 Å². The zero-order valence-electron chi connectivity index (χ0n) is 17.7. The molecule has 0 aliphatic heterocycles. The lowest BCUT2D eigenvalue weighted by Gasteiger charge is -2.47. The molecule has 0 heterocycles. The lowest BCUT2D eigenvalue weighted by molar-refractivity contribution is -0.144. The monoisotopic (exact) mass is 509 g/mol. The van der Waals surface area contributed by atoms with Gasteiger partial charge in [0.1, 0.15) is 5.54 Å². The maximum atomic E-state index is 12.5. The SMILES string of the molecule is O=C(O)C1(Nc2cccc(Br)c2)CCC2(CC1)c1ccccc1CC2c1ccc(Cl)cc1. The van der Waals surface area contributed by atoms with Crippen LogP contribution in [-0.4, -0.2) is 16.6 Å². The topological polar surface area (TPSA) is 49.3 Å². The first-order chi connectivity index (χ1) is 15.4. The second-order valence-electron chi connectivity index (χ2n) is 9.14. The quantitative estimate of drug-likeness (QED) is 0.390. The van der Waals surface area contributed by atoms with Crippen LogP contribution in [0.1, 0.15) is 48.3 Å². The van der Waals surface area contributed by atoms with Crippen LogP contribution in [0, 0.1) is 0 Å². The van der Waals surface area contributed by atoms with Crippen molar-refractivity contribution in [2.45, 2.75) is 49.0 Å². The normalized spacial score (nSPS) is 26.6. The first-order valence-corrected chi connectivity index (χ1v) is 12.2. The van der Waals surface area contributed by atoms with Crippen LogP contribution in [0.3, 0.4) is 0 Å². The van der Waals surface area contributed by atoms with E-state index in [2.05, 4.69) is 57.6 Å². The van der Waals surface area contributed by atoms with Crippen molar-refractivity contribution < 1.29 is 9.90 Å². The third kappa shape index (κ3) is 3.64. The molecule has 0 amide bonds. The Morgan fingerprint density at radius 2 is 1.69 bits per heavy atom. The second kappa shape index (κ2) is 8.24. The summed E-state index contributed by atoms with van der Waals surface area (Å²) >= 11 is 9.66. The van der Waals surface area contributed by atoms with Crippen molar-refractivity contribution in [3.8, 4) is 0 Å². The van der Waals surface area contributed by atoms with Crippen molar-refractivity contribution >= 4 is 39.2 Å². The molecule has 2 N–H and O–H groups in total. The molecular weight excluding hydrogens is 486 g/mol. The lowest BCUT2D eigenvalue weighted by atomic mass is 9.59. The smallest absolute Gasteiger partial charge is 0.329 e. The maximum Gasteiger partial charge on any atom is 0.329 e. The summed E-state index contributed by atoms with van der Waals surface area (Å²) in [4.78, 5) is 12.5. The van der Waals surface area contributed by atoms with E-state index in [4.69, 9.17) is 11.6 Å². The van der Waals surface area contributed by atoms with Gasteiger partial charge in [-0.15, -0.1) is 0 Å². The molecule has 2 aliphatic carbocycles. The fourth-order valence-electron chi connectivity index (χ4n) is 5.89. The molecule has 1 saturated carbocycles. The van der Waals surface area contributed by atoms with Crippen LogP contribution < -0.4 is 5.32 Å². The van der Waals surface area contributed by atoms with Gasteiger partial charge in [-0.1, -0.05) is 70.0 Å². The van der Waals surface area contributed by atoms with Crippen LogP contribution >= 0.6 is 27.5 Å². The van der Waals surface area contributed by atoms with Crippen LogP contribution in [-0.2, 0) is 16.6 Å². The molecule has 1 unspecified atom stereocenters. The van der Waals surface area contributed by atoms with Gasteiger partial charge in [0.2, 0.25) is 0 Å². The molecule has 1 spiro atoms. The summed E-state index contributed by atoms with van der Waals surface area (Å²) < 4.78 is 0.933. The molecule has 32 heavy (non-hydrogen) atoms. The van der Waals surface area contributed by atoms with Crippen molar-refractivity contribution in [3.63, 3.8) is 0 Å². The molecule has 164 valence electrons. The van der Waals surface area contributed by atoms with Crippen molar-refractivity contribution in [1.29, 1.82) is 0 Å². The van der Waals surface area contributed by atoms with Gasteiger partial charge in [-0.3, -0.25) is 0 Å². The van der Waals surface area contributed by atoms with Gasteiger partial charge >= 0.3 is 5.97 Å². The molecule has 2 aliphatic rings. The Labute approximate surface area is 201 Å². The largest absolute Gasteiger partial charge is 0.480 e. The average molecular weight is 511 g/mol. The molecule has 0 saturated heterocycles. The highest BCUT2D eigenvalue weighted by Gasteiger charge is 2.54. The number of carboxylic acid groups (broad SMARTS) is 1. The highest BCUT2D eigenvalue weighted by atomic mass is 79.9. The van der Waals surface area contributed by atoms with E-state index in [1.807, 2.05) is 36.4 Å². The number of carbonyl (C=O) groups is 1. The number of benzene rings is 3. The summed E-state index contributed by atoms with van der Waals surface area (Å²) in [5.41, 5.74) is 3.87. The van der Waals surface area contributed by atoms with Gasteiger partial charge in [-0.05, 0) is 85.0 Å². The van der Waals surface area contributed by atoms with Crippen LogP contribution in [0.4, 0.5) is 5.69 Å². The first kappa shape index (κ1) is 21.5. The summed E-state index contributed by atoms with van der Waals surface area (Å²) in [5.74, 6) is -0.448. The molecule has 5 rings (SSSR count). The van der Waals surface area contributed by atoms with Crippen molar-refractivity contribution in [2.75, 3.05) is 5.32 Å². The molecular formula is C27H25BrClNO2. The number of aliphatic carboxylic acids is 1. The third-order valence-electron chi connectivity index (χ3n) is 7.53. The predicted molar refractivity (Wildman–Crippen MR) is 133 cm³/mol. The molecule has 3 aromatic rings. The van der Waals surface area contributed by atoms with E-state index in [1.54, 1.807) is 0 Å². The van der Waals surface area contributed by atoms with Gasteiger partial charge in [0.25, 0.3) is 0 Å². The Kier molecular flexibility index (Phi) is 5.55. The van der Waals surface area contributed by atoms with E-state index in [9.17, 15) is 9.90 Å². The van der Waals surface area contributed by atoms with E-state index < -0.39 is 11.5 Å². The number of hydrogen-bond acceptors (Lipinski definition) is 2. The van der Waals surface area contributed by atoms with Crippen molar-refractivity contribution in [1.82, 2.24) is 0 Å². The van der Waals surface area contributed by atoms with Gasteiger partial charge in [0.15, 0.2) is 0 Å². The van der Waals surface area contributed by atoms with Gasteiger partial charge < -0.3 is 10.4 Å². The van der Waals surface area contributed by atoms with Crippen LogP contribution in [0.15, 0.2) is 77.3 Å². The van der Waals surface area contributed by atoms with E-state index in [0.29, 0.717) is 18.8 Å². The fraction of sp³-hybridized carbons (Fsp3) is 0.296. The number of nitrogens with one attached hydrogen (secondary N) is 1. The second-order valence-corrected chi connectivity index (χ2v) is 10.5. The minimum atomic E-state index is -0.964.